The summed E-state index contributed by atoms with van der Waals surface area (Å²) in [4.78, 5) is 27.5. The summed E-state index contributed by atoms with van der Waals surface area (Å²) >= 11 is 1.49. The number of morpholine rings is 1. The summed E-state index contributed by atoms with van der Waals surface area (Å²) in [7, 11) is 0. The zero-order chi connectivity index (χ0) is 20.7. The average Bonchev–Trinajstić information content (AvgIpc) is 2.75. The van der Waals surface area contributed by atoms with Crippen LogP contribution in [0.1, 0.15) is 29.3 Å². The maximum atomic E-state index is 13.6. The summed E-state index contributed by atoms with van der Waals surface area (Å²) in [6, 6.07) is 17.6. The number of carbonyl (C=O) groups excluding carboxylic acids is 1. The molecule has 29 heavy (non-hydrogen) atoms. The molecular weight excluding hydrogens is 386 g/mol. The van der Waals surface area contributed by atoms with E-state index >= 15 is 0 Å². The monoisotopic (exact) mass is 413 g/mol. The van der Waals surface area contributed by atoms with E-state index in [-0.39, 0.29) is 12.2 Å². The summed E-state index contributed by atoms with van der Waals surface area (Å²) in [6.07, 6.45) is 0.763. The van der Waals surface area contributed by atoms with Crippen LogP contribution in [-0.4, -0.2) is 59.4 Å². The summed E-state index contributed by atoms with van der Waals surface area (Å²) in [5.74, 6) is -0.181. The van der Waals surface area contributed by atoms with E-state index in [9.17, 15) is 9.59 Å². The lowest BCUT2D eigenvalue weighted by Gasteiger charge is -2.42. The van der Waals surface area contributed by atoms with Crippen LogP contribution in [0.5, 0.6) is 0 Å². The van der Waals surface area contributed by atoms with Gasteiger partial charge in [0, 0.05) is 29.3 Å². The maximum absolute atomic E-state index is 13.6. The highest BCUT2D eigenvalue weighted by Gasteiger charge is 2.40. The number of hydrogen-bond donors (Lipinski definition) is 1. The predicted molar refractivity (Wildman–Crippen MR) is 115 cm³/mol. The minimum Gasteiger partial charge on any atom is -0.481 e. The normalized spacial score (nSPS) is 16.9. The molecule has 3 rings (SSSR count). The molecule has 2 aromatic rings. The predicted octanol–water partition coefficient (Wildman–Crippen LogP) is 3.77. The number of hydrogen-bond acceptors (Lipinski definition) is 5. The molecule has 1 N–H and O–H groups in total. The van der Waals surface area contributed by atoms with Gasteiger partial charge in [-0.25, -0.2) is 0 Å². The first-order valence-electron chi connectivity index (χ1n) is 9.85. The summed E-state index contributed by atoms with van der Waals surface area (Å²) in [5.41, 5.74) is 1.16. The molecule has 0 spiro atoms. The highest BCUT2D eigenvalue weighted by atomic mass is 32.2. The molecule has 1 saturated heterocycles. The topological polar surface area (TPSA) is 66.8 Å². The quantitative estimate of drug-likeness (QED) is 0.499. The van der Waals surface area contributed by atoms with Gasteiger partial charge >= 0.3 is 5.97 Å². The lowest BCUT2D eigenvalue weighted by Crippen LogP contribution is -2.57. The van der Waals surface area contributed by atoms with Crippen LogP contribution in [0, 0.1) is 0 Å². The number of rotatable bonds is 9. The van der Waals surface area contributed by atoms with E-state index in [0.29, 0.717) is 31.0 Å². The minimum atomic E-state index is -0.800. The Morgan fingerprint density at radius 1 is 1.07 bits per heavy atom. The third kappa shape index (κ3) is 5.69. The second-order valence-electron chi connectivity index (χ2n) is 7.38. The van der Waals surface area contributed by atoms with Crippen molar-refractivity contribution in [3.05, 3.63) is 65.7 Å². The Hall–Kier alpha value is -2.15. The largest absolute Gasteiger partial charge is 0.481 e. The average molecular weight is 414 g/mol. The smallest absolute Gasteiger partial charge is 0.304 e. The van der Waals surface area contributed by atoms with E-state index in [1.807, 2.05) is 49.4 Å². The lowest BCUT2D eigenvalue weighted by atomic mass is 9.83. The summed E-state index contributed by atoms with van der Waals surface area (Å²) < 4.78 is 5.50. The Morgan fingerprint density at radius 3 is 2.34 bits per heavy atom. The van der Waals surface area contributed by atoms with Crippen LogP contribution >= 0.6 is 11.8 Å². The Kier molecular flexibility index (Phi) is 7.47. The first kappa shape index (κ1) is 21.6. The SMILES string of the molecule is CC(Cc1ccccc1)(C(=O)c1ccc(SCCC(=O)O)cc1)N1CCOCC1. The molecule has 2 aromatic carbocycles. The zero-order valence-electron chi connectivity index (χ0n) is 16.7. The summed E-state index contributed by atoms with van der Waals surface area (Å²) in [5, 5.41) is 8.77. The van der Waals surface area contributed by atoms with Gasteiger partial charge in [0.05, 0.1) is 25.2 Å². The highest BCUT2D eigenvalue weighted by Crippen LogP contribution is 2.28. The molecule has 1 heterocycles. The van der Waals surface area contributed by atoms with Crippen LogP contribution in [0.4, 0.5) is 0 Å². The molecule has 1 aliphatic heterocycles. The van der Waals surface area contributed by atoms with Crippen molar-refractivity contribution < 1.29 is 19.4 Å². The fraction of sp³-hybridized carbons (Fsp3) is 0.391. The van der Waals surface area contributed by atoms with Gasteiger partial charge in [0.2, 0.25) is 0 Å². The van der Waals surface area contributed by atoms with E-state index in [0.717, 1.165) is 23.5 Å². The van der Waals surface area contributed by atoms with Gasteiger partial charge in [0.25, 0.3) is 0 Å². The Balaban J connectivity index is 1.79. The van der Waals surface area contributed by atoms with Crippen LogP contribution in [-0.2, 0) is 16.0 Å². The first-order chi connectivity index (χ1) is 14.0. The van der Waals surface area contributed by atoms with Crippen molar-refractivity contribution in [1.82, 2.24) is 4.90 Å². The number of Topliss-reactive ketones (excluding diaryl/α,β-unsaturated/α-hetero) is 1. The highest BCUT2D eigenvalue weighted by molar-refractivity contribution is 7.99. The number of carbonyl (C=O) groups is 2. The van der Waals surface area contributed by atoms with Crippen LogP contribution < -0.4 is 0 Å². The van der Waals surface area contributed by atoms with Gasteiger partial charge in [-0.15, -0.1) is 11.8 Å². The number of carboxylic acids is 1. The van der Waals surface area contributed by atoms with Crippen molar-refractivity contribution in [3.8, 4) is 0 Å². The Labute approximate surface area is 176 Å². The van der Waals surface area contributed by atoms with Crippen LogP contribution in [0.3, 0.4) is 0 Å². The number of nitrogens with zero attached hydrogens (tertiary/aromatic N) is 1. The van der Waals surface area contributed by atoms with Crippen molar-refractivity contribution >= 4 is 23.5 Å². The van der Waals surface area contributed by atoms with Crippen LogP contribution in [0.25, 0.3) is 0 Å². The molecule has 1 fully saturated rings. The van der Waals surface area contributed by atoms with Crippen molar-refractivity contribution in [3.63, 3.8) is 0 Å². The van der Waals surface area contributed by atoms with Crippen molar-refractivity contribution in [1.29, 1.82) is 0 Å². The molecule has 1 aliphatic rings. The lowest BCUT2D eigenvalue weighted by molar-refractivity contribution is -0.136. The molecule has 0 aromatic heterocycles. The van der Waals surface area contributed by atoms with E-state index < -0.39 is 11.5 Å². The van der Waals surface area contributed by atoms with Crippen LogP contribution in [0.2, 0.25) is 0 Å². The fourth-order valence-electron chi connectivity index (χ4n) is 3.66. The Morgan fingerprint density at radius 2 is 1.72 bits per heavy atom. The van der Waals surface area contributed by atoms with Gasteiger partial charge in [-0.3, -0.25) is 14.5 Å². The molecular formula is C23H27NO4S. The molecule has 0 bridgehead atoms. The van der Waals surface area contributed by atoms with Gasteiger partial charge in [-0.05, 0) is 31.0 Å². The number of ether oxygens (including phenoxy) is 1. The van der Waals surface area contributed by atoms with E-state index in [2.05, 4.69) is 17.0 Å². The zero-order valence-corrected chi connectivity index (χ0v) is 17.5. The number of benzene rings is 2. The van der Waals surface area contributed by atoms with Gasteiger partial charge < -0.3 is 9.84 Å². The van der Waals surface area contributed by atoms with Crippen molar-refractivity contribution in [2.24, 2.45) is 0 Å². The second kappa shape index (κ2) is 10.1. The fourth-order valence-corrected chi connectivity index (χ4v) is 4.50. The number of thioether (sulfide) groups is 1. The van der Waals surface area contributed by atoms with Gasteiger partial charge in [-0.2, -0.15) is 0 Å². The molecule has 5 nitrogen and oxygen atoms in total. The number of aliphatic carboxylic acids is 1. The third-order valence-corrected chi connectivity index (χ3v) is 6.30. The van der Waals surface area contributed by atoms with Crippen molar-refractivity contribution in [2.75, 3.05) is 32.1 Å². The molecule has 6 heteroatoms. The van der Waals surface area contributed by atoms with Crippen molar-refractivity contribution in [2.45, 2.75) is 30.2 Å². The molecule has 0 aliphatic carbocycles. The van der Waals surface area contributed by atoms with E-state index in [1.54, 1.807) is 0 Å². The van der Waals surface area contributed by atoms with Gasteiger partial charge in [-0.1, -0.05) is 42.5 Å². The molecule has 1 unspecified atom stereocenters. The van der Waals surface area contributed by atoms with Gasteiger partial charge in [0.1, 0.15) is 0 Å². The summed E-state index contributed by atoms with van der Waals surface area (Å²) in [6.45, 7) is 4.77. The molecule has 154 valence electrons. The number of carboxylic acid groups (broad SMARTS) is 1. The van der Waals surface area contributed by atoms with E-state index in [1.165, 1.54) is 11.8 Å². The first-order valence-corrected chi connectivity index (χ1v) is 10.8. The second-order valence-corrected chi connectivity index (χ2v) is 8.55. The van der Waals surface area contributed by atoms with Crippen LogP contribution in [0.15, 0.2) is 59.5 Å². The molecule has 1 atom stereocenters. The minimum absolute atomic E-state index is 0.102. The van der Waals surface area contributed by atoms with Gasteiger partial charge in [0.15, 0.2) is 5.78 Å². The number of ketones is 1. The third-order valence-electron chi connectivity index (χ3n) is 5.29. The molecule has 0 saturated carbocycles. The van der Waals surface area contributed by atoms with E-state index in [4.69, 9.17) is 9.84 Å². The molecule has 0 radical (unpaired) electrons. The standard InChI is InChI=1S/C23H27NO4S/c1-23(24-12-14-28-15-13-24,17-18-5-3-2-4-6-18)22(27)19-7-9-20(10-8-19)29-16-11-21(25)26/h2-10H,11-17H2,1H3,(H,25,26). The Bertz CT molecular complexity index is 819. The molecule has 0 amide bonds. The maximum Gasteiger partial charge on any atom is 0.304 e.